The van der Waals surface area contributed by atoms with Gasteiger partial charge in [0.2, 0.25) is 0 Å². The van der Waals surface area contributed by atoms with Gasteiger partial charge < -0.3 is 9.64 Å². The van der Waals surface area contributed by atoms with Gasteiger partial charge in [0.05, 0.1) is 12.5 Å². The molecule has 0 radical (unpaired) electrons. The number of carbonyl (C=O) groups is 2. The van der Waals surface area contributed by atoms with E-state index in [1.807, 2.05) is 54.6 Å². The second-order valence-electron chi connectivity index (χ2n) is 6.29. The molecule has 1 aliphatic rings. The molecule has 0 saturated carbocycles. The first-order valence-electron chi connectivity index (χ1n) is 8.80. The lowest BCUT2D eigenvalue weighted by Crippen LogP contribution is -2.42. The van der Waals surface area contributed by atoms with Crippen LogP contribution in [0.2, 0.25) is 0 Å². The highest BCUT2D eigenvalue weighted by Gasteiger charge is 2.29. The molecule has 1 amide bonds. The van der Waals surface area contributed by atoms with Crippen molar-refractivity contribution in [2.45, 2.75) is 19.8 Å². The maximum Gasteiger partial charge on any atom is 0.310 e. The van der Waals surface area contributed by atoms with E-state index < -0.39 is 0 Å². The minimum Gasteiger partial charge on any atom is -0.466 e. The van der Waals surface area contributed by atoms with Crippen molar-refractivity contribution in [2.24, 2.45) is 5.92 Å². The number of esters is 1. The molecule has 25 heavy (non-hydrogen) atoms. The van der Waals surface area contributed by atoms with Crippen LogP contribution in [0.15, 0.2) is 54.6 Å². The molecule has 2 aromatic carbocycles. The van der Waals surface area contributed by atoms with Crippen molar-refractivity contribution in [1.29, 1.82) is 0 Å². The summed E-state index contributed by atoms with van der Waals surface area (Å²) in [6, 6.07) is 17.7. The number of hydrogen-bond acceptors (Lipinski definition) is 3. The summed E-state index contributed by atoms with van der Waals surface area (Å²) in [5.74, 6) is -0.422. The molecule has 2 aromatic rings. The van der Waals surface area contributed by atoms with Gasteiger partial charge in [-0.15, -0.1) is 0 Å². The van der Waals surface area contributed by atoms with Gasteiger partial charge in [-0.2, -0.15) is 0 Å². The average molecular weight is 337 g/mol. The van der Waals surface area contributed by atoms with Crippen LogP contribution in [0.1, 0.15) is 30.1 Å². The number of nitrogens with zero attached hydrogens (tertiary/aromatic N) is 1. The zero-order chi connectivity index (χ0) is 17.6. The molecule has 1 aliphatic heterocycles. The zero-order valence-electron chi connectivity index (χ0n) is 14.5. The molecular weight excluding hydrogens is 314 g/mol. The minimum atomic E-state index is -0.207. The van der Waals surface area contributed by atoms with Crippen molar-refractivity contribution >= 4 is 11.9 Å². The monoisotopic (exact) mass is 337 g/mol. The van der Waals surface area contributed by atoms with Crippen molar-refractivity contribution in [2.75, 3.05) is 19.7 Å². The molecule has 0 unspecified atom stereocenters. The standard InChI is InChI=1S/C21H23NO3/c1-2-25-21(24)19-9-6-14-22(15-19)20(23)18-12-10-17(11-13-18)16-7-4-3-5-8-16/h3-5,7-8,10-13,19H,2,6,9,14-15H2,1H3/t19-/m1/s1. The fraction of sp³-hybridized carbons (Fsp3) is 0.333. The van der Waals surface area contributed by atoms with Crippen LogP contribution in [-0.4, -0.2) is 36.5 Å². The lowest BCUT2D eigenvalue weighted by atomic mass is 9.97. The Kier molecular flexibility index (Phi) is 5.49. The first-order chi connectivity index (χ1) is 12.2. The molecule has 0 bridgehead atoms. The highest BCUT2D eigenvalue weighted by Crippen LogP contribution is 2.22. The van der Waals surface area contributed by atoms with Gasteiger partial charge in [0.1, 0.15) is 0 Å². The van der Waals surface area contributed by atoms with Crippen LogP contribution in [0.5, 0.6) is 0 Å². The number of ether oxygens (including phenoxy) is 1. The van der Waals surface area contributed by atoms with Gasteiger partial charge in [0, 0.05) is 18.7 Å². The van der Waals surface area contributed by atoms with Crippen LogP contribution in [0.25, 0.3) is 11.1 Å². The largest absolute Gasteiger partial charge is 0.466 e. The number of likely N-dealkylation sites (tertiary alicyclic amines) is 1. The molecule has 4 nitrogen and oxygen atoms in total. The summed E-state index contributed by atoms with van der Waals surface area (Å²) < 4.78 is 5.10. The van der Waals surface area contributed by atoms with Crippen LogP contribution in [0, 0.1) is 5.92 Å². The fourth-order valence-electron chi connectivity index (χ4n) is 3.23. The predicted molar refractivity (Wildman–Crippen MR) is 97.1 cm³/mol. The molecule has 1 heterocycles. The van der Waals surface area contributed by atoms with E-state index in [0.717, 1.165) is 24.0 Å². The number of amides is 1. The Morgan fingerprint density at radius 1 is 1.04 bits per heavy atom. The van der Waals surface area contributed by atoms with E-state index in [2.05, 4.69) is 0 Å². The molecule has 0 N–H and O–H groups in total. The van der Waals surface area contributed by atoms with Crippen LogP contribution >= 0.6 is 0 Å². The van der Waals surface area contributed by atoms with Gasteiger partial charge >= 0.3 is 5.97 Å². The fourth-order valence-corrected chi connectivity index (χ4v) is 3.23. The Balaban J connectivity index is 1.69. The first kappa shape index (κ1) is 17.2. The van der Waals surface area contributed by atoms with Gasteiger partial charge in [-0.3, -0.25) is 9.59 Å². The SMILES string of the molecule is CCOC(=O)[C@@H]1CCCN(C(=O)c2ccc(-c3ccccc3)cc2)C1. The molecule has 1 saturated heterocycles. The van der Waals surface area contributed by atoms with Crippen molar-refractivity contribution in [3.05, 3.63) is 60.2 Å². The van der Waals surface area contributed by atoms with Gasteiger partial charge in [-0.1, -0.05) is 42.5 Å². The summed E-state index contributed by atoms with van der Waals surface area (Å²) in [6.07, 6.45) is 1.62. The Morgan fingerprint density at radius 3 is 2.40 bits per heavy atom. The molecule has 0 aliphatic carbocycles. The van der Waals surface area contributed by atoms with Crippen molar-refractivity contribution < 1.29 is 14.3 Å². The average Bonchev–Trinajstić information content (AvgIpc) is 2.68. The quantitative estimate of drug-likeness (QED) is 0.798. The summed E-state index contributed by atoms with van der Waals surface area (Å²) in [7, 11) is 0. The Morgan fingerprint density at radius 2 is 1.72 bits per heavy atom. The molecular formula is C21H23NO3. The van der Waals surface area contributed by atoms with E-state index in [1.54, 1.807) is 11.8 Å². The zero-order valence-corrected chi connectivity index (χ0v) is 14.5. The maximum atomic E-state index is 12.7. The number of hydrogen-bond donors (Lipinski definition) is 0. The summed E-state index contributed by atoms with van der Waals surface area (Å²) in [5, 5.41) is 0. The molecule has 0 aromatic heterocycles. The Labute approximate surface area is 148 Å². The highest BCUT2D eigenvalue weighted by atomic mass is 16.5. The number of rotatable bonds is 4. The minimum absolute atomic E-state index is 0.0198. The second-order valence-corrected chi connectivity index (χ2v) is 6.29. The second kappa shape index (κ2) is 7.97. The lowest BCUT2D eigenvalue weighted by molar-refractivity contribution is -0.149. The summed E-state index contributed by atoms with van der Waals surface area (Å²) in [5.41, 5.74) is 2.87. The van der Waals surface area contributed by atoms with E-state index in [0.29, 0.717) is 25.3 Å². The number of piperidine rings is 1. The van der Waals surface area contributed by atoms with Crippen molar-refractivity contribution in [3.63, 3.8) is 0 Å². The first-order valence-corrected chi connectivity index (χ1v) is 8.80. The molecule has 1 fully saturated rings. The third-order valence-electron chi connectivity index (χ3n) is 4.57. The van der Waals surface area contributed by atoms with Crippen LogP contribution in [-0.2, 0) is 9.53 Å². The summed E-state index contributed by atoms with van der Waals surface area (Å²) in [4.78, 5) is 26.5. The normalized spacial score (nSPS) is 17.2. The lowest BCUT2D eigenvalue weighted by Gasteiger charge is -2.31. The van der Waals surface area contributed by atoms with E-state index >= 15 is 0 Å². The van der Waals surface area contributed by atoms with E-state index in [1.165, 1.54) is 0 Å². The van der Waals surface area contributed by atoms with Crippen molar-refractivity contribution in [3.8, 4) is 11.1 Å². The third-order valence-corrected chi connectivity index (χ3v) is 4.57. The Hall–Kier alpha value is -2.62. The number of carbonyl (C=O) groups excluding carboxylic acids is 2. The van der Waals surface area contributed by atoms with Crippen LogP contribution in [0.4, 0.5) is 0 Å². The van der Waals surface area contributed by atoms with Crippen LogP contribution < -0.4 is 0 Å². The summed E-state index contributed by atoms with van der Waals surface area (Å²) >= 11 is 0. The number of benzene rings is 2. The van der Waals surface area contributed by atoms with E-state index in [4.69, 9.17) is 4.74 Å². The Bertz CT molecular complexity index is 725. The summed E-state index contributed by atoms with van der Waals surface area (Å²) in [6.45, 7) is 3.31. The molecule has 130 valence electrons. The van der Waals surface area contributed by atoms with Crippen LogP contribution in [0.3, 0.4) is 0 Å². The molecule has 1 atom stereocenters. The predicted octanol–water partition coefficient (Wildman–Crippen LogP) is 3.77. The van der Waals surface area contributed by atoms with Gasteiger partial charge in [-0.25, -0.2) is 0 Å². The molecule has 0 spiro atoms. The highest BCUT2D eigenvalue weighted by molar-refractivity contribution is 5.95. The van der Waals surface area contributed by atoms with Gasteiger partial charge in [0.15, 0.2) is 0 Å². The van der Waals surface area contributed by atoms with E-state index in [9.17, 15) is 9.59 Å². The van der Waals surface area contributed by atoms with E-state index in [-0.39, 0.29) is 17.8 Å². The molecule has 4 heteroatoms. The smallest absolute Gasteiger partial charge is 0.310 e. The third kappa shape index (κ3) is 4.08. The van der Waals surface area contributed by atoms with Gasteiger partial charge in [0.25, 0.3) is 5.91 Å². The van der Waals surface area contributed by atoms with Crippen molar-refractivity contribution in [1.82, 2.24) is 4.90 Å². The molecule has 3 rings (SSSR count). The van der Waals surface area contributed by atoms with Gasteiger partial charge in [-0.05, 0) is 43.0 Å². The maximum absolute atomic E-state index is 12.7. The topological polar surface area (TPSA) is 46.6 Å².